The van der Waals surface area contributed by atoms with Gasteiger partial charge in [-0.25, -0.2) is 4.98 Å². The molecule has 4 rings (SSSR count). The van der Waals surface area contributed by atoms with Gasteiger partial charge in [0.05, 0.1) is 29.6 Å². The number of fused-ring (bicyclic) bond motifs is 1. The highest BCUT2D eigenvalue weighted by molar-refractivity contribution is 5.78. The molecular weight excluding hydrogens is 380 g/mol. The first-order valence-electron chi connectivity index (χ1n) is 11.1. The number of likely N-dealkylation sites (tertiary alicyclic amines) is 1. The second kappa shape index (κ2) is 8.47. The van der Waals surface area contributed by atoms with E-state index in [1.54, 1.807) is 10.6 Å². The van der Waals surface area contributed by atoms with E-state index in [4.69, 9.17) is 4.98 Å². The number of piperidine rings is 1. The number of nitrogens with zero attached hydrogens (tertiary/aromatic N) is 3. The Hall–Kier alpha value is -2.25. The van der Waals surface area contributed by atoms with Crippen molar-refractivity contribution in [2.75, 3.05) is 19.6 Å². The molecule has 162 valence electrons. The Morgan fingerprint density at radius 1 is 1.30 bits per heavy atom. The van der Waals surface area contributed by atoms with Crippen molar-refractivity contribution in [1.29, 1.82) is 0 Å². The van der Waals surface area contributed by atoms with E-state index in [1.807, 2.05) is 32.0 Å². The zero-order chi connectivity index (χ0) is 21.3. The van der Waals surface area contributed by atoms with Crippen LogP contribution in [0, 0.1) is 0 Å². The van der Waals surface area contributed by atoms with Gasteiger partial charge in [0.15, 0.2) is 0 Å². The minimum atomic E-state index is -0.957. The molecule has 2 fully saturated rings. The molecule has 1 aromatic carbocycles. The van der Waals surface area contributed by atoms with Crippen molar-refractivity contribution >= 4 is 16.8 Å². The van der Waals surface area contributed by atoms with Crippen LogP contribution in [0.25, 0.3) is 10.9 Å². The molecule has 1 saturated carbocycles. The normalized spacial score (nSPS) is 20.2. The number of rotatable bonds is 7. The summed E-state index contributed by atoms with van der Waals surface area (Å²) in [7, 11) is 0. The quantitative estimate of drug-likeness (QED) is 0.727. The summed E-state index contributed by atoms with van der Waals surface area (Å²) < 4.78 is 1.71. The lowest BCUT2D eigenvalue weighted by atomic mass is 9.91. The number of hydrogen-bond donors (Lipinski definition) is 2. The first-order chi connectivity index (χ1) is 14.4. The molecule has 1 amide bonds. The van der Waals surface area contributed by atoms with Crippen molar-refractivity contribution in [2.45, 2.75) is 70.1 Å². The Morgan fingerprint density at radius 2 is 2.00 bits per heavy atom. The van der Waals surface area contributed by atoms with E-state index in [1.165, 1.54) is 0 Å². The van der Waals surface area contributed by atoms with Crippen molar-refractivity contribution in [3.8, 4) is 0 Å². The second-order valence-electron chi connectivity index (χ2n) is 9.03. The van der Waals surface area contributed by atoms with Gasteiger partial charge in [-0.15, -0.1) is 0 Å². The summed E-state index contributed by atoms with van der Waals surface area (Å²) in [5.41, 5.74) is -0.289. The molecule has 0 radical (unpaired) electrons. The number of hydrogen-bond acceptors (Lipinski definition) is 5. The zero-order valence-corrected chi connectivity index (χ0v) is 17.9. The number of amides is 1. The largest absolute Gasteiger partial charge is 0.388 e. The summed E-state index contributed by atoms with van der Waals surface area (Å²) in [6.07, 6.45) is 4.06. The number of aromatic nitrogens is 2. The summed E-state index contributed by atoms with van der Waals surface area (Å²) in [4.78, 5) is 32.2. The van der Waals surface area contributed by atoms with E-state index in [2.05, 4.69) is 10.2 Å². The van der Waals surface area contributed by atoms with E-state index in [-0.39, 0.29) is 24.1 Å². The molecule has 30 heavy (non-hydrogen) atoms. The lowest BCUT2D eigenvalue weighted by Crippen LogP contribution is -2.51. The predicted molar refractivity (Wildman–Crippen MR) is 116 cm³/mol. The lowest BCUT2D eigenvalue weighted by molar-refractivity contribution is -0.124. The van der Waals surface area contributed by atoms with Gasteiger partial charge >= 0.3 is 0 Å². The topological polar surface area (TPSA) is 87.5 Å². The monoisotopic (exact) mass is 412 g/mol. The molecule has 2 aromatic rings. The number of nitrogens with one attached hydrogen (secondary N) is 1. The lowest BCUT2D eigenvalue weighted by Gasteiger charge is -2.38. The van der Waals surface area contributed by atoms with Gasteiger partial charge in [0.1, 0.15) is 5.82 Å². The van der Waals surface area contributed by atoms with Crippen LogP contribution >= 0.6 is 0 Å². The SMILES string of the molecule is CCC(C)NC(=O)CN1CCC(O)(Cn2c(C3CC3)nc3ccccc3c2=O)CC1. The van der Waals surface area contributed by atoms with Crippen LogP contribution in [-0.2, 0) is 11.3 Å². The zero-order valence-electron chi connectivity index (χ0n) is 17.9. The molecule has 0 spiro atoms. The molecule has 1 aliphatic heterocycles. The Morgan fingerprint density at radius 3 is 2.67 bits per heavy atom. The third-order valence-corrected chi connectivity index (χ3v) is 6.46. The minimum absolute atomic E-state index is 0.0285. The van der Waals surface area contributed by atoms with Crippen LogP contribution in [0.5, 0.6) is 0 Å². The molecule has 2 N–H and O–H groups in total. The molecule has 7 heteroatoms. The predicted octanol–water partition coefficient (Wildman–Crippen LogP) is 2.02. The Kier molecular flexibility index (Phi) is 5.93. The average Bonchev–Trinajstić information content (AvgIpc) is 3.57. The number of carbonyl (C=O) groups is 1. The summed E-state index contributed by atoms with van der Waals surface area (Å²) in [5, 5.41) is 14.9. The van der Waals surface area contributed by atoms with Gasteiger partial charge < -0.3 is 10.4 Å². The molecule has 2 heterocycles. The molecular formula is C23H32N4O3. The van der Waals surface area contributed by atoms with E-state index in [0.717, 1.165) is 30.6 Å². The molecule has 1 aromatic heterocycles. The van der Waals surface area contributed by atoms with Crippen LogP contribution in [0.3, 0.4) is 0 Å². The molecule has 7 nitrogen and oxygen atoms in total. The molecule has 2 aliphatic rings. The highest BCUT2D eigenvalue weighted by atomic mass is 16.3. The minimum Gasteiger partial charge on any atom is -0.388 e. The van der Waals surface area contributed by atoms with Crippen molar-refractivity contribution in [1.82, 2.24) is 19.8 Å². The fourth-order valence-corrected chi connectivity index (χ4v) is 4.20. The summed E-state index contributed by atoms with van der Waals surface area (Å²) in [6, 6.07) is 7.61. The number of para-hydroxylation sites is 1. The standard InChI is InChI=1S/C23H32N4O3/c1-3-16(2)24-20(28)14-26-12-10-23(30,11-13-26)15-27-21(17-8-9-17)25-19-7-5-4-6-18(19)22(27)29/h4-7,16-17,30H,3,8-15H2,1-2H3,(H,24,28). The Labute approximate surface area is 177 Å². The Bertz CT molecular complexity index is 974. The Balaban J connectivity index is 1.47. The van der Waals surface area contributed by atoms with E-state index in [0.29, 0.717) is 43.8 Å². The van der Waals surface area contributed by atoms with Crippen molar-refractivity contribution in [2.24, 2.45) is 0 Å². The fraction of sp³-hybridized carbons (Fsp3) is 0.609. The molecule has 1 saturated heterocycles. The highest BCUT2D eigenvalue weighted by Gasteiger charge is 2.36. The van der Waals surface area contributed by atoms with Crippen molar-refractivity contribution in [3.05, 3.63) is 40.4 Å². The molecule has 0 bridgehead atoms. The van der Waals surface area contributed by atoms with Gasteiger partial charge in [0.2, 0.25) is 5.91 Å². The van der Waals surface area contributed by atoms with Gasteiger partial charge in [0, 0.05) is 25.0 Å². The number of carbonyl (C=O) groups excluding carboxylic acids is 1. The van der Waals surface area contributed by atoms with E-state index >= 15 is 0 Å². The van der Waals surface area contributed by atoms with Crippen molar-refractivity contribution in [3.63, 3.8) is 0 Å². The number of benzene rings is 1. The van der Waals surface area contributed by atoms with Crippen LogP contribution in [0.15, 0.2) is 29.1 Å². The second-order valence-corrected chi connectivity index (χ2v) is 9.03. The smallest absolute Gasteiger partial charge is 0.261 e. The summed E-state index contributed by atoms with van der Waals surface area (Å²) >= 11 is 0. The first-order valence-corrected chi connectivity index (χ1v) is 11.1. The first kappa shape index (κ1) is 21.0. The molecule has 1 unspecified atom stereocenters. The molecule has 1 aliphatic carbocycles. The third-order valence-electron chi connectivity index (χ3n) is 6.46. The molecule has 1 atom stereocenters. The van der Waals surface area contributed by atoms with Crippen LogP contribution in [0.4, 0.5) is 0 Å². The summed E-state index contributed by atoms with van der Waals surface area (Å²) in [5.74, 6) is 1.15. The van der Waals surface area contributed by atoms with E-state index in [9.17, 15) is 14.7 Å². The van der Waals surface area contributed by atoms with Crippen LogP contribution in [0.2, 0.25) is 0 Å². The maximum Gasteiger partial charge on any atom is 0.261 e. The van der Waals surface area contributed by atoms with Gasteiger partial charge in [-0.05, 0) is 51.2 Å². The van der Waals surface area contributed by atoms with Crippen LogP contribution in [0.1, 0.15) is 57.7 Å². The average molecular weight is 413 g/mol. The van der Waals surface area contributed by atoms with Gasteiger partial charge in [0.25, 0.3) is 5.56 Å². The van der Waals surface area contributed by atoms with Gasteiger partial charge in [-0.3, -0.25) is 19.1 Å². The third kappa shape index (κ3) is 4.57. The van der Waals surface area contributed by atoms with E-state index < -0.39 is 5.60 Å². The van der Waals surface area contributed by atoms with Crippen LogP contribution in [-0.4, -0.2) is 56.7 Å². The van der Waals surface area contributed by atoms with Crippen LogP contribution < -0.4 is 10.9 Å². The van der Waals surface area contributed by atoms with Gasteiger partial charge in [-0.1, -0.05) is 19.1 Å². The maximum atomic E-state index is 13.2. The highest BCUT2D eigenvalue weighted by Crippen LogP contribution is 2.39. The van der Waals surface area contributed by atoms with Gasteiger partial charge in [-0.2, -0.15) is 0 Å². The summed E-state index contributed by atoms with van der Waals surface area (Å²) in [6.45, 7) is 5.94. The number of aliphatic hydroxyl groups is 1. The maximum absolute atomic E-state index is 13.2. The van der Waals surface area contributed by atoms with Crippen molar-refractivity contribution < 1.29 is 9.90 Å². The fourth-order valence-electron chi connectivity index (χ4n) is 4.20.